The van der Waals surface area contributed by atoms with Gasteiger partial charge >= 0.3 is 0 Å². The van der Waals surface area contributed by atoms with Crippen molar-refractivity contribution in [2.45, 2.75) is 19.9 Å². The molecule has 0 unspecified atom stereocenters. The van der Waals surface area contributed by atoms with E-state index in [9.17, 15) is 4.79 Å². The molecule has 0 aliphatic carbocycles. The first-order chi connectivity index (χ1) is 12.2. The first kappa shape index (κ1) is 15.8. The summed E-state index contributed by atoms with van der Waals surface area (Å²) in [6.07, 6.45) is 2.60. The Hall–Kier alpha value is -2.67. The molecule has 3 aromatic rings. The van der Waals surface area contributed by atoms with Crippen LogP contribution in [0.3, 0.4) is 0 Å². The maximum Gasteiger partial charge on any atom is 0.253 e. The van der Waals surface area contributed by atoms with Crippen LogP contribution in [0.5, 0.6) is 0 Å². The Kier molecular flexibility index (Phi) is 4.23. The van der Waals surface area contributed by atoms with Crippen LogP contribution in [0, 0.1) is 6.92 Å². The van der Waals surface area contributed by atoms with Gasteiger partial charge < -0.3 is 14.4 Å². The lowest BCUT2D eigenvalue weighted by Crippen LogP contribution is -2.35. The van der Waals surface area contributed by atoms with Gasteiger partial charge in [-0.15, -0.1) is 0 Å². The SMILES string of the molecule is Cc1cc(CN2CCCN(C(=O)c3ccc4nc[nH]c4c3)CC2)no1. The molecular weight excluding hydrogens is 318 g/mol. The van der Waals surface area contributed by atoms with Gasteiger partial charge in [0, 0.05) is 44.4 Å². The quantitative estimate of drug-likeness (QED) is 0.791. The Morgan fingerprint density at radius 1 is 1.24 bits per heavy atom. The zero-order valence-electron chi connectivity index (χ0n) is 14.2. The van der Waals surface area contributed by atoms with Crippen molar-refractivity contribution in [3.63, 3.8) is 0 Å². The third kappa shape index (κ3) is 3.41. The second-order valence-corrected chi connectivity index (χ2v) is 6.49. The van der Waals surface area contributed by atoms with Crippen LogP contribution in [0.25, 0.3) is 11.0 Å². The highest BCUT2D eigenvalue weighted by Gasteiger charge is 2.21. The standard InChI is InChI=1S/C18H21N5O2/c1-13-9-15(21-25-13)11-22-5-2-6-23(8-7-22)18(24)14-3-4-16-17(10-14)20-12-19-16/h3-4,9-10,12H,2,5-8,11H2,1H3,(H,19,20). The molecule has 1 N–H and O–H groups in total. The minimum absolute atomic E-state index is 0.0793. The fraction of sp³-hybridized carbons (Fsp3) is 0.389. The van der Waals surface area contributed by atoms with Gasteiger partial charge in [0.2, 0.25) is 0 Å². The van der Waals surface area contributed by atoms with Gasteiger partial charge in [0.15, 0.2) is 0 Å². The number of hydrogen-bond acceptors (Lipinski definition) is 5. The molecule has 0 atom stereocenters. The lowest BCUT2D eigenvalue weighted by Gasteiger charge is -2.21. The highest BCUT2D eigenvalue weighted by atomic mass is 16.5. The summed E-state index contributed by atoms with van der Waals surface area (Å²) in [6.45, 7) is 5.94. The summed E-state index contributed by atoms with van der Waals surface area (Å²) in [7, 11) is 0. The maximum absolute atomic E-state index is 12.8. The summed E-state index contributed by atoms with van der Waals surface area (Å²) in [5.41, 5.74) is 3.42. The Labute approximate surface area is 145 Å². The molecule has 1 saturated heterocycles. The van der Waals surface area contributed by atoms with E-state index in [1.165, 1.54) is 0 Å². The van der Waals surface area contributed by atoms with Gasteiger partial charge in [-0.05, 0) is 31.5 Å². The molecule has 1 aromatic carbocycles. The molecule has 1 amide bonds. The minimum Gasteiger partial charge on any atom is -0.361 e. The highest BCUT2D eigenvalue weighted by Crippen LogP contribution is 2.15. The Morgan fingerprint density at radius 3 is 3.00 bits per heavy atom. The predicted octanol–water partition coefficient (Wildman–Crippen LogP) is 2.21. The molecule has 0 bridgehead atoms. The van der Waals surface area contributed by atoms with Crippen LogP contribution >= 0.6 is 0 Å². The summed E-state index contributed by atoms with van der Waals surface area (Å²) >= 11 is 0. The molecule has 7 heteroatoms. The van der Waals surface area contributed by atoms with Gasteiger partial charge in [-0.3, -0.25) is 9.69 Å². The average Bonchev–Trinajstić information content (AvgIpc) is 3.17. The van der Waals surface area contributed by atoms with Crippen molar-refractivity contribution in [3.8, 4) is 0 Å². The number of nitrogens with zero attached hydrogens (tertiary/aromatic N) is 4. The monoisotopic (exact) mass is 339 g/mol. The third-order valence-electron chi connectivity index (χ3n) is 4.61. The van der Waals surface area contributed by atoms with Crippen LogP contribution in [0.15, 0.2) is 35.1 Å². The lowest BCUT2D eigenvalue weighted by atomic mass is 10.1. The van der Waals surface area contributed by atoms with E-state index in [-0.39, 0.29) is 5.91 Å². The van der Waals surface area contributed by atoms with Gasteiger partial charge in [0.1, 0.15) is 5.76 Å². The number of hydrogen-bond donors (Lipinski definition) is 1. The van der Waals surface area contributed by atoms with Gasteiger partial charge in [0.05, 0.1) is 23.1 Å². The summed E-state index contributed by atoms with van der Waals surface area (Å²) in [6, 6.07) is 7.58. The molecule has 0 spiro atoms. The average molecular weight is 339 g/mol. The van der Waals surface area contributed by atoms with Gasteiger partial charge in [-0.1, -0.05) is 5.16 Å². The predicted molar refractivity (Wildman–Crippen MR) is 93.1 cm³/mol. The lowest BCUT2D eigenvalue weighted by molar-refractivity contribution is 0.0761. The van der Waals surface area contributed by atoms with Crippen LogP contribution in [0.1, 0.15) is 28.2 Å². The van der Waals surface area contributed by atoms with Crippen molar-refractivity contribution in [2.24, 2.45) is 0 Å². The van der Waals surface area contributed by atoms with Crippen molar-refractivity contribution >= 4 is 16.9 Å². The van der Waals surface area contributed by atoms with Gasteiger partial charge in [-0.2, -0.15) is 0 Å². The number of carbonyl (C=O) groups excluding carboxylic acids is 1. The van der Waals surface area contributed by atoms with Crippen LogP contribution in [-0.2, 0) is 6.54 Å². The zero-order chi connectivity index (χ0) is 17.2. The second kappa shape index (κ2) is 6.68. The van der Waals surface area contributed by atoms with Crippen molar-refractivity contribution < 1.29 is 9.32 Å². The van der Waals surface area contributed by atoms with Crippen LogP contribution in [0.2, 0.25) is 0 Å². The molecular formula is C18H21N5O2. The van der Waals surface area contributed by atoms with Crippen LogP contribution in [0.4, 0.5) is 0 Å². The van der Waals surface area contributed by atoms with Crippen molar-refractivity contribution in [3.05, 3.63) is 47.6 Å². The molecule has 2 aromatic heterocycles. The number of rotatable bonds is 3. The van der Waals surface area contributed by atoms with Crippen molar-refractivity contribution in [1.29, 1.82) is 0 Å². The van der Waals surface area contributed by atoms with Crippen LogP contribution < -0.4 is 0 Å². The smallest absolute Gasteiger partial charge is 0.253 e. The fourth-order valence-corrected chi connectivity index (χ4v) is 3.30. The summed E-state index contributed by atoms with van der Waals surface area (Å²) < 4.78 is 5.13. The summed E-state index contributed by atoms with van der Waals surface area (Å²) in [4.78, 5) is 24.3. The van der Waals surface area contributed by atoms with Crippen molar-refractivity contribution in [2.75, 3.05) is 26.2 Å². The molecule has 1 fully saturated rings. The first-order valence-corrected chi connectivity index (χ1v) is 8.56. The van der Waals surface area contributed by atoms with E-state index in [1.54, 1.807) is 6.33 Å². The largest absolute Gasteiger partial charge is 0.361 e. The van der Waals surface area contributed by atoms with Crippen molar-refractivity contribution in [1.82, 2.24) is 24.9 Å². The minimum atomic E-state index is 0.0793. The normalized spacial score (nSPS) is 16.3. The molecule has 1 aliphatic rings. The molecule has 4 rings (SSSR count). The summed E-state index contributed by atoms with van der Waals surface area (Å²) in [5.74, 6) is 0.909. The topological polar surface area (TPSA) is 78.3 Å². The van der Waals surface area contributed by atoms with E-state index in [0.29, 0.717) is 5.56 Å². The first-order valence-electron chi connectivity index (χ1n) is 8.56. The van der Waals surface area contributed by atoms with E-state index < -0.39 is 0 Å². The van der Waals surface area contributed by atoms with E-state index in [0.717, 1.165) is 61.6 Å². The Balaban J connectivity index is 1.42. The fourth-order valence-electron chi connectivity index (χ4n) is 3.30. The number of aromatic nitrogens is 3. The number of imidazole rings is 1. The number of aromatic amines is 1. The zero-order valence-corrected chi connectivity index (χ0v) is 14.2. The molecule has 0 saturated carbocycles. The second-order valence-electron chi connectivity index (χ2n) is 6.49. The Morgan fingerprint density at radius 2 is 2.16 bits per heavy atom. The van der Waals surface area contributed by atoms with E-state index >= 15 is 0 Å². The number of benzene rings is 1. The molecule has 0 radical (unpaired) electrons. The Bertz CT molecular complexity index is 884. The van der Waals surface area contributed by atoms with E-state index in [1.807, 2.05) is 36.1 Å². The van der Waals surface area contributed by atoms with E-state index in [2.05, 4.69) is 20.0 Å². The number of H-pyrrole nitrogens is 1. The number of amides is 1. The molecule has 7 nitrogen and oxygen atoms in total. The molecule has 3 heterocycles. The maximum atomic E-state index is 12.8. The summed E-state index contributed by atoms with van der Waals surface area (Å²) in [5, 5.41) is 4.06. The molecule has 1 aliphatic heterocycles. The number of aryl methyl sites for hydroxylation is 1. The number of nitrogens with one attached hydrogen (secondary N) is 1. The third-order valence-corrected chi connectivity index (χ3v) is 4.61. The molecule has 25 heavy (non-hydrogen) atoms. The number of fused-ring (bicyclic) bond motifs is 1. The van der Waals surface area contributed by atoms with Gasteiger partial charge in [-0.25, -0.2) is 4.98 Å². The molecule has 130 valence electrons. The van der Waals surface area contributed by atoms with Crippen LogP contribution in [-0.4, -0.2) is 57.0 Å². The number of carbonyl (C=O) groups is 1. The highest BCUT2D eigenvalue weighted by molar-refractivity contribution is 5.97. The van der Waals surface area contributed by atoms with Gasteiger partial charge in [0.25, 0.3) is 5.91 Å². The van der Waals surface area contributed by atoms with E-state index in [4.69, 9.17) is 4.52 Å².